The number of amides is 1. The van der Waals surface area contributed by atoms with Gasteiger partial charge in [-0.1, -0.05) is 26.8 Å². The van der Waals surface area contributed by atoms with Crippen LogP contribution < -0.4 is 4.90 Å². The monoisotopic (exact) mass is 438 g/mol. The molecule has 0 aromatic carbocycles. The third kappa shape index (κ3) is 5.46. The van der Waals surface area contributed by atoms with Crippen LogP contribution in [-0.2, 0) is 22.6 Å². The number of rotatable bonds is 7. The summed E-state index contributed by atoms with van der Waals surface area (Å²) in [6.45, 7) is 15.0. The van der Waals surface area contributed by atoms with Crippen LogP contribution in [0.5, 0.6) is 0 Å². The number of fused-ring (bicyclic) bond motifs is 1. The van der Waals surface area contributed by atoms with Crippen molar-refractivity contribution in [2.75, 3.05) is 19.1 Å². The molecule has 172 valence electrons. The van der Waals surface area contributed by atoms with Crippen LogP contribution in [0.15, 0.2) is 48.7 Å². The summed E-state index contributed by atoms with van der Waals surface area (Å²) in [6.07, 6.45) is 8.46. The maximum Gasteiger partial charge on any atom is 0.260 e. The van der Waals surface area contributed by atoms with E-state index in [1.807, 2.05) is 39.1 Å². The molecule has 7 nitrogen and oxygen atoms in total. The zero-order valence-electron chi connectivity index (χ0n) is 20.2. The second kappa shape index (κ2) is 11.3. The fourth-order valence-corrected chi connectivity index (χ4v) is 3.25. The number of aryl methyl sites for hydroxylation is 2. The third-order valence-electron chi connectivity index (χ3n) is 4.97. The highest BCUT2D eigenvalue weighted by Crippen LogP contribution is 2.31. The Morgan fingerprint density at radius 3 is 2.47 bits per heavy atom. The van der Waals surface area contributed by atoms with Gasteiger partial charge in [0.25, 0.3) is 5.91 Å². The molecule has 0 N–H and O–H groups in total. The average Bonchev–Trinajstić information content (AvgIpc) is 3.38. The van der Waals surface area contributed by atoms with E-state index in [4.69, 9.17) is 14.5 Å². The topological polar surface area (TPSA) is 69.5 Å². The highest BCUT2D eigenvalue weighted by Gasteiger charge is 2.32. The van der Waals surface area contributed by atoms with E-state index in [9.17, 15) is 4.79 Å². The number of carbonyl (C=O) groups is 1. The molecule has 0 radical (unpaired) electrons. The molecule has 3 rings (SSSR count). The van der Waals surface area contributed by atoms with Crippen LogP contribution in [0.25, 0.3) is 5.57 Å². The van der Waals surface area contributed by atoms with Crippen LogP contribution in [0.2, 0.25) is 0 Å². The van der Waals surface area contributed by atoms with Crippen molar-refractivity contribution in [3.63, 3.8) is 0 Å². The Labute approximate surface area is 191 Å². The minimum Gasteiger partial charge on any atom is -0.501 e. The Balaban J connectivity index is 0.00000114. The van der Waals surface area contributed by atoms with Crippen LogP contribution in [0.4, 0.5) is 5.69 Å². The molecule has 1 amide bonds. The van der Waals surface area contributed by atoms with Gasteiger partial charge in [0.2, 0.25) is 0 Å². The molecule has 0 unspecified atom stereocenters. The molecule has 1 aliphatic rings. The standard InChI is InChI=1S/C22H26N4O3.C3H8/c1-7-25-12-17(11-23-25)26-13-20-21(22(26)27)14(2)10-19(24-20)18(16(4)29-6)9-8-15(3)28-5;1-3-2/h8-12H,3,7,13H2,1-2,4-6H3;3H2,1-2H3/b9-8-,18-16-;. The van der Waals surface area contributed by atoms with Gasteiger partial charge >= 0.3 is 0 Å². The van der Waals surface area contributed by atoms with Crippen LogP contribution >= 0.6 is 0 Å². The van der Waals surface area contributed by atoms with Gasteiger partial charge in [-0.15, -0.1) is 0 Å². The summed E-state index contributed by atoms with van der Waals surface area (Å²) in [5.41, 5.74) is 4.59. The highest BCUT2D eigenvalue weighted by atomic mass is 16.5. The number of pyridine rings is 1. The number of aromatic nitrogens is 3. The summed E-state index contributed by atoms with van der Waals surface area (Å²) in [7, 11) is 3.18. The number of hydrogen-bond donors (Lipinski definition) is 0. The SMILES string of the molecule is C=C(/C=C\C(=C(/C)OC)c1cc(C)c2c(n1)CN(c1cnn(CC)c1)C2=O)OC.CCC. The maximum absolute atomic E-state index is 13.0. The van der Waals surface area contributed by atoms with Crippen molar-refractivity contribution in [3.05, 3.63) is 71.2 Å². The Morgan fingerprint density at radius 2 is 1.91 bits per heavy atom. The van der Waals surface area contributed by atoms with E-state index in [0.717, 1.165) is 34.8 Å². The first-order valence-corrected chi connectivity index (χ1v) is 10.8. The quantitative estimate of drug-likeness (QED) is 0.435. The zero-order valence-corrected chi connectivity index (χ0v) is 20.2. The number of anilines is 1. The minimum atomic E-state index is -0.0514. The Kier molecular flexibility index (Phi) is 8.81. The minimum absolute atomic E-state index is 0.0514. The number of ether oxygens (including phenoxy) is 2. The van der Waals surface area contributed by atoms with E-state index < -0.39 is 0 Å². The second-order valence-electron chi connectivity index (χ2n) is 7.48. The van der Waals surface area contributed by atoms with Crippen molar-refractivity contribution in [1.29, 1.82) is 0 Å². The van der Waals surface area contributed by atoms with Gasteiger partial charge in [-0.2, -0.15) is 5.10 Å². The number of carbonyl (C=O) groups excluding carboxylic acids is 1. The van der Waals surface area contributed by atoms with Gasteiger partial charge in [0.1, 0.15) is 11.5 Å². The molecule has 0 spiro atoms. The first-order valence-electron chi connectivity index (χ1n) is 10.8. The highest BCUT2D eigenvalue weighted by molar-refractivity contribution is 6.10. The van der Waals surface area contributed by atoms with Gasteiger partial charge < -0.3 is 9.47 Å². The van der Waals surface area contributed by atoms with Gasteiger partial charge in [0.05, 0.1) is 49.6 Å². The van der Waals surface area contributed by atoms with E-state index in [0.29, 0.717) is 23.6 Å². The van der Waals surface area contributed by atoms with Gasteiger partial charge in [-0.25, -0.2) is 4.98 Å². The summed E-state index contributed by atoms with van der Waals surface area (Å²) >= 11 is 0. The molecular weight excluding hydrogens is 404 g/mol. The van der Waals surface area contributed by atoms with Crippen LogP contribution in [0.1, 0.15) is 61.4 Å². The van der Waals surface area contributed by atoms with Gasteiger partial charge in [-0.05, 0) is 44.6 Å². The van der Waals surface area contributed by atoms with Crippen LogP contribution in [-0.4, -0.2) is 34.9 Å². The van der Waals surface area contributed by atoms with Gasteiger partial charge in [0.15, 0.2) is 0 Å². The molecule has 0 atom stereocenters. The lowest BCUT2D eigenvalue weighted by Crippen LogP contribution is -2.22. The van der Waals surface area contributed by atoms with E-state index in [1.54, 1.807) is 36.1 Å². The summed E-state index contributed by atoms with van der Waals surface area (Å²) in [5.74, 6) is 1.19. The largest absolute Gasteiger partial charge is 0.501 e. The van der Waals surface area contributed by atoms with E-state index in [1.165, 1.54) is 6.42 Å². The predicted octanol–water partition coefficient (Wildman–Crippen LogP) is 5.28. The molecule has 1 aliphatic heterocycles. The lowest BCUT2D eigenvalue weighted by Gasteiger charge is -2.12. The lowest BCUT2D eigenvalue weighted by atomic mass is 10.0. The fourth-order valence-electron chi connectivity index (χ4n) is 3.25. The summed E-state index contributed by atoms with van der Waals surface area (Å²) < 4.78 is 12.4. The number of nitrogens with zero attached hydrogens (tertiary/aromatic N) is 4. The molecule has 32 heavy (non-hydrogen) atoms. The van der Waals surface area contributed by atoms with Crippen molar-refractivity contribution in [2.45, 2.75) is 54.1 Å². The molecule has 0 saturated heterocycles. The Morgan fingerprint density at radius 1 is 1.22 bits per heavy atom. The first kappa shape index (κ1) is 24.9. The third-order valence-corrected chi connectivity index (χ3v) is 4.97. The molecule has 7 heteroatoms. The van der Waals surface area contributed by atoms with Crippen LogP contribution in [0.3, 0.4) is 0 Å². The van der Waals surface area contributed by atoms with Crippen LogP contribution in [0, 0.1) is 6.92 Å². The molecule has 0 saturated carbocycles. The Hall–Kier alpha value is -3.35. The number of hydrogen-bond acceptors (Lipinski definition) is 5. The van der Waals surface area contributed by atoms with Crippen molar-refractivity contribution in [1.82, 2.24) is 14.8 Å². The van der Waals surface area contributed by atoms with Gasteiger partial charge in [0, 0.05) is 18.3 Å². The van der Waals surface area contributed by atoms with Crippen molar-refractivity contribution in [3.8, 4) is 0 Å². The summed E-state index contributed by atoms with van der Waals surface area (Å²) in [5, 5.41) is 4.28. The average molecular weight is 439 g/mol. The van der Waals surface area contributed by atoms with E-state index in [2.05, 4.69) is 25.5 Å². The molecule has 0 fully saturated rings. The Bertz CT molecular complexity index is 1030. The van der Waals surface area contributed by atoms with E-state index >= 15 is 0 Å². The first-order chi connectivity index (χ1) is 15.3. The van der Waals surface area contributed by atoms with Crippen molar-refractivity contribution < 1.29 is 14.3 Å². The second-order valence-corrected chi connectivity index (χ2v) is 7.48. The van der Waals surface area contributed by atoms with Gasteiger partial charge in [-0.3, -0.25) is 14.4 Å². The van der Waals surface area contributed by atoms with E-state index in [-0.39, 0.29) is 5.91 Å². The molecule has 3 heterocycles. The fraction of sp³-hybridized carbons (Fsp3) is 0.400. The summed E-state index contributed by atoms with van der Waals surface area (Å²) in [4.78, 5) is 19.5. The molecule has 0 bridgehead atoms. The molecule has 2 aromatic rings. The predicted molar refractivity (Wildman–Crippen MR) is 128 cm³/mol. The van der Waals surface area contributed by atoms with Crippen molar-refractivity contribution >= 4 is 17.2 Å². The smallest absolute Gasteiger partial charge is 0.260 e. The lowest BCUT2D eigenvalue weighted by molar-refractivity contribution is 0.0996. The number of allylic oxidation sites excluding steroid dienone is 4. The molecule has 2 aromatic heterocycles. The molecule has 0 aliphatic carbocycles. The number of methoxy groups -OCH3 is 2. The molecular formula is C25H34N4O3. The normalized spacial score (nSPS) is 13.5. The zero-order chi connectivity index (χ0) is 23.8. The summed E-state index contributed by atoms with van der Waals surface area (Å²) in [6, 6.07) is 1.91. The van der Waals surface area contributed by atoms with Crippen molar-refractivity contribution in [2.24, 2.45) is 0 Å². The maximum atomic E-state index is 13.0.